The minimum Gasteiger partial charge on any atom is -0.493 e. The van der Waals surface area contributed by atoms with Crippen molar-refractivity contribution in [3.05, 3.63) is 54.1 Å². The van der Waals surface area contributed by atoms with Gasteiger partial charge in [0, 0.05) is 6.42 Å². The van der Waals surface area contributed by atoms with Gasteiger partial charge in [-0.05, 0) is 30.7 Å². The highest BCUT2D eigenvalue weighted by atomic mass is 16.5. The van der Waals surface area contributed by atoms with Gasteiger partial charge in [0.15, 0.2) is 11.5 Å². The number of fused-ring (bicyclic) bond motifs is 1. The number of para-hydroxylation sites is 3. The molecule has 0 aromatic heterocycles. The SMILES string of the molecule is COc1ccccc1OCCNC(=O)CCC1NC(=O)c2ccccc2NC1=O. The van der Waals surface area contributed by atoms with Gasteiger partial charge in [-0.25, -0.2) is 0 Å². The van der Waals surface area contributed by atoms with Crippen molar-refractivity contribution in [3.63, 3.8) is 0 Å². The Morgan fingerprint density at radius 1 is 1.07 bits per heavy atom. The molecule has 1 aliphatic rings. The van der Waals surface area contributed by atoms with Gasteiger partial charge in [-0.1, -0.05) is 24.3 Å². The Bertz CT molecular complexity index is 899. The van der Waals surface area contributed by atoms with E-state index < -0.39 is 6.04 Å². The van der Waals surface area contributed by atoms with Crippen LogP contribution in [0.15, 0.2) is 48.5 Å². The minimum atomic E-state index is -0.773. The zero-order valence-corrected chi connectivity index (χ0v) is 16.1. The zero-order valence-electron chi connectivity index (χ0n) is 16.1. The molecular weight excluding hydrogens is 374 g/mol. The molecule has 0 saturated heterocycles. The first-order valence-electron chi connectivity index (χ1n) is 9.31. The smallest absolute Gasteiger partial charge is 0.254 e. The number of amides is 3. The molecule has 0 aliphatic carbocycles. The van der Waals surface area contributed by atoms with Gasteiger partial charge in [0.2, 0.25) is 11.8 Å². The number of hydrogen-bond donors (Lipinski definition) is 3. The molecule has 2 aromatic rings. The number of rotatable bonds is 8. The fraction of sp³-hybridized carbons (Fsp3) is 0.286. The van der Waals surface area contributed by atoms with Gasteiger partial charge in [-0.15, -0.1) is 0 Å². The molecule has 3 rings (SSSR count). The van der Waals surface area contributed by atoms with Crippen molar-refractivity contribution in [2.75, 3.05) is 25.6 Å². The predicted octanol–water partition coefficient (Wildman–Crippen LogP) is 1.72. The lowest BCUT2D eigenvalue weighted by molar-refractivity contribution is -0.122. The molecule has 8 heteroatoms. The maximum atomic E-state index is 12.3. The molecule has 3 amide bonds. The zero-order chi connectivity index (χ0) is 20.6. The third-order valence-electron chi connectivity index (χ3n) is 4.46. The molecule has 1 unspecified atom stereocenters. The lowest BCUT2D eigenvalue weighted by atomic mass is 10.1. The highest BCUT2D eigenvalue weighted by Gasteiger charge is 2.27. The number of ether oxygens (including phenoxy) is 2. The first-order chi connectivity index (χ1) is 14.1. The van der Waals surface area contributed by atoms with E-state index in [2.05, 4.69) is 16.0 Å². The monoisotopic (exact) mass is 397 g/mol. The Balaban J connectivity index is 1.42. The second-order valence-electron chi connectivity index (χ2n) is 6.45. The standard InChI is InChI=1S/C21H23N3O5/c1-28-17-8-4-5-9-18(17)29-13-12-22-19(25)11-10-16-21(27)23-15-7-3-2-6-14(15)20(26)24-16/h2-9,16H,10-13H2,1H3,(H,22,25)(H,23,27)(H,24,26). The third kappa shape index (κ3) is 5.25. The van der Waals surface area contributed by atoms with Crippen molar-refractivity contribution in [3.8, 4) is 11.5 Å². The largest absolute Gasteiger partial charge is 0.493 e. The van der Waals surface area contributed by atoms with Gasteiger partial charge >= 0.3 is 0 Å². The molecule has 152 valence electrons. The van der Waals surface area contributed by atoms with E-state index in [0.717, 1.165) is 0 Å². The van der Waals surface area contributed by atoms with E-state index in [9.17, 15) is 14.4 Å². The van der Waals surface area contributed by atoms with E-state index in [0.29, 0.717) is 29.3 Å². The van der Waals surface area contributed by atoms with Gasteiger partial charge < -0.3 is 25.4 Å². The molecule has 1 aliphatic heterocycles. The summed E-state index contributed by atoms with van der Waals surface area (Å²) in [4.78, 5) is 36.7. The maximum Gasteiger partial charge on any atom is 0.254 e. The average molecular weight is 397 g/mol. The number of carbonyl (C=O) groups is 3. The van der Waals surface area contributed by atoms with Gasteiger partial charge in [0.25, 0.3) is 5.91 Å². The molecule has 0 radical (unpaired) electrons. The summed E-state index contributed by atoms with van der Waals surface area (Å²) in [5.41, 5.74) is 0.872. The molecule has 29 heavy (non-hydrogen) atoms. The summed E-state index contributed by atoms with van der Waals surface area (Å²) in [6, 6.07) is 13.3. The highest BCUT2D eigenvalue weighted by Crippen LogP contribution is 2.25. The van der Waals surface area contributed by atoms with Crippen LogP contribution in [-0.2, 0) is 9.59 Å². The first kappa shape index (κ1) is 20.2. The molecule has 1 heterocycles. The van der Waals surface area contributed by atoms with Crippen LogP contribution in [0, 0.1) is 0 Å². The summed E-state index contributed by atoms with van der Waals surface area (Å²) < 4.78 is 10.8. The van der Waals surface area contributed by atoms with Crippen LogP contribution in [0.25, 0.3) is 0 Å². The molecule has 3 N–H and O–H groups in total. The van der Waals surface area contributed by atoms with Crippen molar-refractivity contribution >= 4 is 23.4 Å². The second-order valence-corrected chi connectivity index (χ2v) is 6.45. The number of anilines is 1. The van der Waals surface area contributed by atoms with Crippen LogP contribution >= 0.6 is 0 Å². The number of methoxy groups -OCH3 is 1. The van der Waals surface area contributed by atoms with E-state index in [1.807, 2.05) is 12.1 Å². The topological polar surface area (TPSA) is 106 Å². The van der Waals surface area contributed by atoms with Crippen LogP contribution in [0.2, 0.25) is 0 Å². The Labute approximate surface area is 168 Å². The van der Waals surface area contributed by atoms with E-state index >= 15 is 0 Å². The van der Waals surface area contributed by atoms with Gasteiger partial charge in [-0.3, -0.25) is 14.4 Å². The highest BCUT2D eigenvalue weighted by molar-refractivity contribution is 6.09. The quantitative estimate of drug-likeness (QED) is 0.588. The fourth-order valence-corrected chi connectivity index (χ4v) is 2.97. The van der Waals surface area contributed by atoms with Gasteiger partial charge in [0.1, 0.15) is 12.6 Å². The Kier molecular flexibility index (Phi) is 6.67. The van der Waals surface area contributed by atoms with Crippen molar-refractivity contribution in [2.24, 2.45) is 0 Å². The number of nitrogens with one attached hydrogen (secondary N) is 3. The fourth-order valence-electron chi connectivity index (χ4n) is 2.97. The summed E-state index contributed by atoms with van der Waals surface area (Å²) in [5.74, 6) is 0.319. The lowest BCUT2D eigenvalue weighted by Crippen LogP contribution is -2.42. The number of benzene rings is 2. The number of carbonyl (C=O) groups excluding carboxylic acids is 3. The van der Waals surface area contributed by atoms with Crippen LogP contribution in [0.4, 0.5) is 5.69 Å². The lowest BCUT2D eigenvalue weighted by Gasteiger charge is -2.14. The van der Waals surface area contributed by atoms with Crippen molar-refractivity contribution in [1.29, 1.82) is 0 Å². The van der Waals surface area contributed by atoms with E-state index in [1.54, 1.807) is 43.5 Å². The molecule has 0 saturated carbocycles. The maximum absolute atomic E-state index is 12.3. The van der Waals surface area contributed by atoms with Crippen molar-refractivity contribution < 1.29 is 23.9 Å². The normalized spacial score (nSPS) is 15.4. The molecule has 0 spiro atoms. The van der Waals surface area contributed by atoms with Gasteiger partial charge in [-0.2, -0.15) is 0 Å². The molecule has 2 aromatic carbocycles. The third-order valence-corrected chi connectivity index (χ3v) is 4.46. The van der Waals surface area contributed by atoms with Crippen LogP contribution in [0.3, 0.4) is 0 Å². The van der Waals surface area contributed by atoms with Gasteiger partial charge in [0.05, 0.1) is 24.9 Å². The summed E-state index contributed by atoms with van der Waals surface area (Å²) in [5, 5.41) is 8.13. The second kappa shape index (κ2) is 9.59. The van der Waals surface area contributed by atoms with E-state index in [4.69, 9.17) is 9.47 Å². The van der Waals surface area contributed by atoms with E-state index in [1.165, 1.54) is 0 Å². The average Bonchev–Trinajstić information content (AvgIpc) is 2.86. The van der Waals surface area contributed by atoms with Crippen molar-refractivity contribution in [1.82, 2.24) is 10.6 Å². The Hall–Kier alpha value is -3.55. The minimum absolute atomic E-state index is 0.101. The predicted molar refractivity (Wildman–Crippen MR) is 107 cm³/mol. The Morgan fingerprint density at radius 3 is 2.59 bits per heavy atom. The molecule has 1 atom stereocenters. The summed E-state index contributed by atoms with van der Waals surface area (Å²) in [6.07, 6.45) is 0.300. The van der Waals surface area contributed by atoms with Crippen LogP contribution in [0.5, 0.6) is 11.5 Å². The van der Waals surface area contributed by atoms with Crippen LogP contribution in [-0.4, -0.2) is 44.0 Å². The molecule has 0 fully saturated rings. The molecule has 0 bridgehead atoms. The van der Waals surface area contributed by atoms with E-state index in [-0.39, 0.29) is 37.2 Å². The number of hydrogen-bond acceptors (Lipinski definition) is 5. The summed E-state index contributed by atoms with van der Waals surface area (Å²) in [6.45, 7) is 0.591. The van der Waals surface area contributed by atoms with Crippen LogP contribution in [0.1, 0.15) is 23.2 Å². The Morgan fingerprint density at radius 2 is 1.79 bits per heavy atom. The molecule has 8 nitrogen and oxygen atoms in total. The molecular formula is C21H23N3O5. The summed E-state index contributed by atoms with van der Waals surface area (Å²) in [7, 11) is 1.56. The van der Waals surface area contributed by atoms with Crippen LogP contribution < -0.4 is 25.4 Å². The van der Waals surface area contributed by atoms with Crippen molar-refractivity contribution in [2.45, 2.75) is 18.9 Å². The first-order valence-corrected chi connectivity index (χ1v) is 9.31. The summed E-state index contributed by atoms with van der Waals surface area (Å²) >= 11 is 0.